The monoisotopic (exact) mass is 215 g/mol. The Morgan fingerprint density at radius 1 is 1.45 bits per heavy atom. The normalized spacial score (nSPS) is 8.91. The van der Waals surface area contributed by atoms with Gasteiger partial charge >= 0.3 is 0 Å². The average molecular weight is 216 g/mol. The predicted octanol–water partition coefficient (Wildman–Crippen LogP) is -1.30. The molecule has 0 unspecified atom stereocenters. The molecule has 62 valence electrons. The number of aryl methyl sites for hydroxylation is 2. The topological polar surface area (TPSA) is 3.88 Å². The second-order valence-corrected chi connectivity index (χ2v) is 2.62. The van der Waals surface area contributed by atoms with Crippen molar-refractivity contribution in [3.05, 3.63) is 30.1 Å². The molecule has 1 nitrogen and oxygen atoms in total. The van der Waals surface area contributed by atoms with Crippen LogP contribution in [0.1, 0.15) is 18.9 Å². The Morgan fingerprint density at radius 2 is 2.18 bits per heavy atom. The number of rotatable bonds is 2. The van der Waals surface area contributed by atoms with Crippen molar-refractivity contribution in [2.75, 3.05) is 0 Å². The fourth-order valence-corrected chi connectivity index (χ4v) is 1.05. The summed E-state index contributed by atoms with van der Waals surface area (Å²) < 4.78 is 2.22. The quantitative estimate of drug-likeness (QED) is 0.541. The van der Waals surface area contributed by atoms with Crippen molar-refractivity contribution in [2.45, 2.75) is 26.8 Å². The van der Waals surface area contributed by atoms with Gasteiger partial charge in [-0.1, -0.05) is 6.92 Å². The van der Waals surface area contributed by atoms with Crippen LogP contribution in [0.15, 0.2) is 24.5 Å². The van der Waals surface area contributed by atoms with E-state index in [0.717, 1.165) is 6.54 Å². The van der Waals surface area contributed by atoms with Crippen LogP contribution in [0.25, 0.3) is 0 Å². The SMILES string of the molecule is CCC[n+]1cccc(C)c1.[Br-]. The second kappa shape index (κ2) is 5.30. The highest BCUT2D eigenvalue weighted by Crippen LogP contribution is 1.89. The van der Waals surface area contributed by atoms with E-state index in [1.807, 2.05) is 0 Å². The minimum atomic E-state index is 0. The minimum Gasteiger partial charge on any atom is -1.00 e. The summed E-state index contributed by atoms with van der Waals surface area (Å²) in [7, 11) is 0. The maximum absolute atomic E-state index is 2.22. The Labute approximate surface area is 78.8 Å². The molecular formula is C9H14BrN. The highest BCUT2D eigenvalue weighted by atomic mass is 79.9. The maximum Gasteiger partial charge on any atom is 0.171 e. The Bertz CT molecular complexity index is 210. The van der Waals surface area contributed by atoms with Crippen LogP contribution in [0.3, 0.4) is 0 Å². The average Bonchev–Trinajstić information content (AvgIpc) is 1.88. The smallest absolute Gasteiger partial charge is 0.171 e. The van der Waals surface area contributed by atoms with Gasteiger partial charge in [-0.05, 0) is 13.0 Å². The van der Waals surface area contributed by atoms with Crippen LogP contribution in [0.4, 0.5) is 0 Å². The lowest BCUT2D eigenvalue weighted by atomic mass is 10.3. The van der Waals surface area contributed by atoms with Gasteiger partial charge in [0.1, 0.15) is 6.54 Å². The minimum absolute atomic E-state index is 0. The highest BCUT2D eigenvalue weighted by molar-refractivity contribution is 5.01. The maximum atomic E-state index is 2.22. The lowest BCUT2D eigenvalue weighted by Gasteiger charge is -1.92. The third-order valence-electron chi connectivity index (χ3n) is 1.49. The van der Waals surface area contributed by atoms with Gasteiger partial charge in [0.05, 0.1) is 0 Å². The van der Waals surface area contributed by atoms with Crippen molar-refractivity contribution in [2.24, 2.45) is 0 Å². The van der Waals surface area contributed by atoms with E-state index in [9.17, 15) is 0 Å². The largest absolute Gasteiger partial charge is 1.00 e. The summed E-state index contributed by atoms with van der Waals surface area (Å²) in [4.78, 5) is 0. The van der Waals surface area contributed by atoms with E-state index in [-0.39, 0.29) is 17.0 Å². The molecule has 1 heterocycles. The van der Waals surface area contributed by atoms with Crippen LogP contribution in [0.2, 0.25) is 0 Å². The molecule has 1 aromatic heterocycles. The van der Waals surface area contributed by atoms with Gasteiger partial charge < -0.3 is 17.0 Å². The molecule has 0 radical (unpaired) electrons. The molecule has 0 bridgehead atoms. The van der Waals surface area contributed by atoms with E-state index in [0.29, 0.717) is 0 Å². The summed E-state index contributed by atoms with van der Waals surface area (Å²) in [6.07, 6.45) is 5.48. The molecular weight excluding hydrogens is 202 g/mol. The Balaban J connectivity index is 0.000001000. The molecule has 0 aromatic carbocycles. The van der Waals surface area contributed by atoms with Crippen molar-refractivity contribution >= 4 is 0 Å². The van der Waals surface area contributed by atoms with E-state index in [2.05, 4.69) is 42.9 Å². The van der Waals surface area contributed by atoms with E-state index in [4.69, 9.17) is 0 Å². The van der Waals surface area contributed by atoms with Crippen LogP contribution in [-0.4, -0.2) is 0 Å². The summed E-state index contributed by atoms with van der Waals surface area (Å²) in [5.41, 5.74) is 1.33. The molecule has 0 aliphatic carbocycles. The van der Waals surface area contributed by atoms with Gasteiger partial charge in [0.25, 0.3) is 0 Å². The van der Waals surface area contributed by atoms with Crippen LogP contribution in [0, 0.1) is 6.92 Å². The standard InChI is InChI=1S/C9H14N.BrH/c1-3-6-10-7-4-5-9(2)8-10;/h4-5,7-8H,3,6H2,1-2H3;1H/q+1;/p-1. The van der Waals surface area contributed by atoms with Crippen LogP contribution >= 0.6 is 0 Å². The molecule has 0 aliphatic rings. The molecule has 0 amide bonds. The molecule has 0 atom stereocenters. The third kappa shape index (κ3) is 3.51. The van der Waals surface area contributed by atoms with Gasteiger partial charge in [0.2, 0.25) is 0 Å². The zero-order chi connectivity index (χ0) is 7.40. The number of hydrogen-bond acceptors (Lipinski definition) is 0. The second-order valence-electron chi connectivity index (χ2n) is 2.62. The highest BCUT2D eigenvalue weighted by Gasteiger charge is 1.95. The zero-order valence-corrected chi connectivity index (χ0v) is 8.63. The van der Waals surface area contributed by atoms with Crippen molar-refractivity contribution in [3.8, 4) is 0 Å². The van der Waals surface area contributed by atoms with Crippen LogP contribution in [-0.2, 0) is 6.54 Å². The van der Waals surface area contributed by atoms with Gasteiger partial charge in [-0.25, -0.2) is 4.57 Å². The lowest BCUT2D eigenvalue weighted by molar-refractivity contribution is -0.697. The Morgan fingerprint density at radius 3 is 2.73 bits per heavy atom. The predicted molar refractivity (Wildman–Crippen MR) is 41.7 cm³/mol. The molecule has 0 spiro atoms. The number of pyridine rings is 1. The first-order valence-corrected chi connectivity index (χ1v) is 3.78. The molecule has 11 heavy (non-hydrogen) atoms. The van der Waals surface area contributed by atoms with Gasteiger partial charge in [0.15, 0.2) is 12.4 Å². The third-order valence-corrected chi connectivity index (χ3v) is 1.49. The fraction of sp³-hybridized carbons (Fsp3) is 0.444. The number of hydrogen-bond donors (Lipinski definition) is 0. The number of halogens is 1. The van der Waals surface area contributed by atoms with Crippen LogP contribution < -0.4 is 21.5 Å². The molecule has 1 aromatic rings. The van der Waals surface area contributed by atoms with Crippen molar-refractivity contribution in [1.29, 1.82) is 0 Å². The molecule has 0 saturated heterocycles. The van der Waals surface area contributed by atoms with E-state index in [1.54, 1.807) is 0 Å². The lowest BCUT2D eigenvalue weighted by Crippen LogP contribution is -3.00. The van der Waals surface area contributed by atoms with Gasteiger partial charge in [-0.3, -0.25) is 0 Å². The Kier molecular flexibility index (Phi) is 5.12. The van der Waals surface area contributed by atoms with Crippen molar-refractivity contribution in [3.63, 3.8) is 0 Å². The fourth-order valence-electron chi connectivity index (χ4n) is 1.05. The summed E-state index contributed by atoms with van der Waals surface area (Å²) in [5.74, 6) is 0. The van der Waals surface area contributed by atoms with E-state index < -0.39 is 0 Å². The van der Waals surface area contributed by atoms with E-state index >= 15 is 0 Å². The van der Waals surface area contributed by atoms with Crippen LogP contribution in [0.5, 0.6) is 0 Å². The first-order valence-electron chi connectivity index (χ1n) is 3.78. The number of aromatic nitrogens is 1. The van der Waals surface area contributed by atoms with Crippen molar-refractivity contribution < 1.29 is 21.5 Å². The van der Waals surface area contributed by atoms with Gasteiger partial charge in [0, 0.05) is 18.1 Å². The molecule has 1 rings (SSSR count). The van der Waals surface area contributed by atoms with Crippen molar-refractivity contribution in [1.82, 2.24) is 0 Å². The summed E-state index contributed by atoms with van der Waals surface area (Å²) in [6.45, 7) is 5.43. The summed E-state index contributed by atoms with van der Waals surface area (Å²) >= 11 is 0. The number of nitrogens with zero attached hydrogens (tertiary/aromatic N) is 1. The van der Waals surface area contributed by atoms with E-state index in [1.165, 1.54) is 12.0 Å². The molecule has 0 fully saturated rings. The molecule has 2 heteroatoms. The molecule has 0 N–H and O–H groups in total. The Hall–Kier alpha value is -0.370. The summed E-state index contributed by atoms with van der Waals surface area (Å²) in [6, 6.07) is 4.21. The van der Waals surface area contributed by atoms with Gasteiger partial charge in [-0.2, -0.15) is 0 Å². The molecule has 0 aliphatic heterocycles. The molecule has 0 saturated carbocycles. The first-order chi connectivity index (χ1) is 4.83. The van der Waals surface area contributed by atoms with Gasteiger partial charge in [-0.15, -0.1) is 0 Å². The summed E-state index contributed by atoms with van der Waals surface area (Å²) in [5, 5.41) is 0. The zero-order valence-electron chi connectivity index (χ0n) is 7.05. The first kappa shape index (κ1) is 10.6.